The van der Waals surface area contributed by atoms with E-state index < -0.39 is 33.5 Å². The molecular weight excluding hydrogens is 479 g/mol. The first-order valence-electron chi connectivity index (χ1n) is 10.1. The van der Waals surface area contributed by atoms with Crippen molar-refractivity contribution in [3.8, 4) is 0 Å². The zero-order valence-corrected chi connectivity index (χ0v) is 18.7. The second kappa shape index (κ2) is 10.3. The maximum absolute atomic E-state index is 13.0. The molecule has 0 atom stereocenters. The van der Waals surface area contributed by atoms with Crippen LogP contribution in [0.25, 0.3) is 0 Å². The fourth-order valence-electron chi connectivity index (χ4n) is 3.59. The van der Waals surface area contributed by atoms with E-state index in [4.69, 9.17) is 11.6 Å². The zero-order valence-electron chi connectivity index (χ0n) is 18.0. The van der Waals surface area contributed by atoms with E-state index in [0.717, 1.165) is 12.1 Å². The van der Waals surface area contributed by atoms with Crippen LogP contribution in [0.1, 0.15) is 15.9 Å². The Balaban J connectivity index is 1.61. The number of halogens is 4. The van der Waals surface area contributed by atoms with Crippen molar-refractivity contribution < 1.29 is 27.7 Å². The van der Waals surface area contributed by atoms with Crippen molar-refractivity contribution in [3.05, 3.63) is 62.7 Å². The van der Waals surface area contributed by atoms with Crippen LogP contribution in [0.4, 0.5) is 30.2 Å². The minimum atomic E-state index is -4.64. The van der Waals surface area contributed by atoms with Gasteiger partial charge in [0, 0.05) is 50.5 Å². The predicted molar refractivity (Wildman–Crippen MR) is 120 cm³/mol. The largest absolute Gasteiger partial charge is 0.417 e. The smallest absolute Gasteiger partial charge is 0.363 e. The standard InChI is InChI=1S/C21H21ClF3N5O4/c1-26-20(32)13-2-5-17(18(10-13)30(33)34)29-8-6-28(7-9-29)12-19(31)27-14-3-4-16(22)15(11-14)21(23,24)25/h2-5,10-11H,6-9,12H2,1H3,(H,26,32)(H,27,31). The molecule has 13 heteroatoms. The van der Waals surface area contributed by atoms with Crippen LogP contribution in [0.2, 0.25) is 5.02 Å². The van der Waals surface area contributed by atoms with E-state index in [1.807, 2.05) is 0 Å². The number of hydrogen-bond acceptors (Lipinski definition) is 6. The molecule has 2 aromatic rings. The van der Waals surface area contributed by atoms with E-state index in [-0.39, 0.29) is 23.5 Å². The van der Waals surface area contributed by atoms with Gasteiger partial charge < -0.3 is 15.5 Å². The van der Waals surface area contributed by atoms with Crippen LogP contribution < -0.4 is 15.5 Å². The third-order valence-corrected chi connectivity index (χ3v) is 5.63. The number of carbonyl (C=O) groups excluding carboxylic acids is 2. The monoisotopic (exact) mass is 499 g/mol. The molecule has 2 aromatic carbocycles. The average Bonchev–Trinajstić information content (AvgIpc) is 2.79. The second-order valence-electron chi connectivity index (χ2n) is 7.54. The van der Waals surface area contributed by atoms with Crippen LogP contribution in [0.3, 0.4) is 0 Å². The van der Waals surface area contributed by atoms with Crippen molar-refractivity contribution in [1.29, 1.82) is 0 Å². The average molecular weight is 500 g/mol. The predicted octanol–water partition coefficient (Wildman–Crippen LogP) is 3.39. The lowest BCUT2D eigenvalue weighted by Crippen LogP contribution is -2.48. The summed E-state index contributed by atoms with van der Waals surface area (Å²) in [5.41, 5.74) is -0.723. The SMILES string of the molecule is CNC(=O)c1ccc(N2CCN(CC(=O)Nc3ccc(Cl)c(C(F)(F)F)c3)CC2)c([N+](=O)[O-])c1. The summed E-state index contributed by atoms with van der Waals surface area (Å²) in [7, 11) is 1.43. The highest BCUT2D eigenvalue weighted by atomic mass is 35.5. The lowest BCUT2D eigenvalue weighted by molar-refractivity contribution is -0.384. The quantitative estimate of drug-likeness (QED) is 0.466. The molecular formula is C21H21ClF3N5O4. The van der Waals surface area contributed by atoms with E-state index in [9.17, 15) is 32.9 Å². The molecule has 0 spiro atoms. The molecule has 1 aliphatic rings. The van der Waals surface area contributed by atoms with E-state index >= 15 is 0 Å². The molecule has 1 heterocycles. The Kier molecular flexibility index (Phi) is 7.62. The van der Waals surface area contributed by atoms with Crippen LogP contribution in [-0.2, 0) is 11.0 Å². The molecule has 1 saturated heterocycles. The van der Waals surface area contributed by atoms with Crippen molar-refractivity contribution in [2.75, 3.05) is 50.0 Å². The third kappa shape index (κ3) is 5.94. The van der Waals surface area contributed by atoms with Crippen molar-refractivity contribution in [1.82, 2.24) is 10.2 Å². The zero-order chi connectivity index (χ0) is 25.0. The molecule has 0 aromatic heterocycles. The number of nitro groups is 1. The summed E-state index contributed by atoms with van der Waals surface area (Å²) in [5, 5.41) is 15.9. The highest BCUT2D eigenvalue weighted by molar-refractivity contribution is 6.31. The molecule has 182 valence electrons. The molecule has 34 heavy (non-hydrogen) atoms. The summed E-state index contributed by atoms with van der Waals surface area (Å²) in [6, 6.07) is 7.37. The van der Waals surface area contributed by atoms with Gasteiger partial charge in [0.1, 0.15) is 5.69 Å². The Morgan fingerprint density at radius 1 is 1.12 bits per heavy atom. The number of rotatable bonds is 6. The lowest BCUT2D eigenvalue weighted by atomic mass is 10.1. The van der Waals surface area contributed by atoms with Crippen molar-refractivity contribution in [3.63, 3.8) is 0 Å². The van der Waals surface area contributed by atoms with Crippen molar-refractivity contribution in [2.45, 2.75) is 6.18 Å². The first-order chi connectivity index (χ1) is 16.0. The Morgan fingerprint density at radius 2 is 1.79 bits per heavy atom. The molecule has 3 rings (SSSR count). The van der Waals surface area contributed by atoms with Gasteiger partial charge in [-0.25, -0.2) is 0 Å². The molecule has 0 saturated carbocycles. The molecule has 0 unspecified atom stereocenters. The number of hydrogen-bond donors (Lipinski definition) is 2. The number of benzene rings is 2. The molecule has 2 amide bonds. The van der Waals surface area contributed by atoms with Crippen LogP contribution in [0, 0.1) is 10.1 Å². The number of amides is 2. The van der Waals surface area contributed by atoms with Gasteiger partial charge in [0.25, 0.3) is 11.6 Å². The fraction of sp³-hybridized carbons (Fsp3) is 0.333. The summed E-state index contributed by atoms with van der Waals surface area (Å²) in [5.74, 6) is -0.932. The van der Waals surface area contributed by atoms with Gasteiger partial charge in [0.15, 0.2) is 0 Å². The third-order valence-electron chi connectivity index (χ3n) is 5.30. The lowest BCUT2D eigenvalue weighted by Gasteiger charge is -2.35. The fourth-order valence-corrected chi connectivity index (χ4v) is 3.82. The maximum atomic E-state index is 13.0. The normalized spacial score (nSPS) is 14.6. The molecule has 0 radical (unpaired) electrons. The number of nitrogens with zero attached hydrogens (tertiary/aromatic N) is 3. The minimum absolute atomic E-state index is 0.0211. The van der Waals surface area contributed by atoms with E-state index in [1.54, 1.807) is 9.80 Å². The Morgan fingerprint density at radius 3 is 2.38 bits per heavy atom. The molecule has 1 aliphatic heterocycles. The second-order valence-corrected chi connectivity index (χ2v) is 7.95. The molecule has 9 nitrogen and oxygen atoms in total. The first-order valence-corrected chi connectivity index (χ1v) is 10.5. The van der Waals surface area contributed by atoms with Gasteiger partial charge in [0.2, 0.25) is 5.91 Å². The highest BCUT2D eigenvalue weighted by Crippen LogP contribution is 2.36. The first kappa shape index (κ1) is 25.2. The van der Waals surface area contributed by atoms with E-state index in [0.29, 0.717) is 31.9 Å². The van der Waals surface area contributed by atoms with Crippen LogP contribution in [0.5, 0.6) is 0 Å². The van der Waals surface area contributed by atoms with Gasteiger partial charge in [-0.1, -0.05) is 11.6 Å². The highest BCUT2D eigenvalue weighted by Gasteiger charge is 2.33. The van der Waals surface area contributed by atoms with E-state index in [1.165, 1.54) is 31.3 Å². The molecule has 0 aliphatic carbocycles. The number of piperazine rings is 1. The van der Waals surface area contributed by atoms with Crippen LogP contribution in [0.15, 0.2) is 36.4 Å². The Labute approximate surface area is 197 Å². The van der Waals surface area contributed by atoms with Crippen molar-refractivity contribution in [2.24, 2.45) is 0 Å². The number of alkyl halides is 3. The molecule has 1 fully saturated rings. The number of nitro benzene ring substituents is 1. The summed E-state index contributed by atoms with van der Waals surface area (Å²) < 4.78 is 39.0. The number of nitrogens with one attached hydrogen (secondary N) is 2. The van der Waals surface area contributed by atoms with Crippen LogP contribution >= 0.6 is 11.6 Å². The summed E-state index contributed by atoms with van der Waals surface area (Å²) in [6.45, 7) is 1.50. The van der Waals surface area contributed by atoms with Crippen molar-refractivity contribution >= 4 is 40.5 Å². The Hall–Kier alpha value is -3.38. The van der Waals surface area contributed by atoms with Gasteiger partial charge in [0.05, 0.1) is 22.1 Å². The maximum Gasteiger partial charge on any atom is 0.417 e. The summed E-state index contributed by atoms with van der Waals surface area (Å²) in [6.07, 6.45) is -4.64. The van der Waals surface area contributed by atoms with Gasteiger partial charge in [-0.3, -0.25) is 24.6 Å². The molecule has 0 bridgehead atoms. The van der Waals surface area contributed by atoms with Gasteiger partial charge in [-0.2, -0.15) is 13.2 Å². The summed E-state index contributed by atoms with van der Waals surface area (Å²) in [4.78, 5) is 38.7. The number of carbonyl (C=O) groups is 2. The Bertz CT molecular complexity index is 1100. The topological polar surface area (TPSA) is 108 Å². The van der Waals surface area contributed by atoms with Gasteiger partial charge in [-0.15, -0.1) is 0 Å². The van der Waals surface area contributed by atoms with E-state index in [2.05, 4.69) is 10.6 Å². The van der Waals surface area contributed by atoms with Gasteiger partial charge in [-0.05, 0) is 30.3 Å². The van der Waals surface area contributed by atoms with Gasteiger partial charge >= 0.3 is 6.18 Å². The number of anilines is 2. The summed E-state index contributed by atoms with van der Waals surface area (Å²) >= 11 is 5.59. The minimum Gasteiger partial charge on any atom is -0.363 e. The molecule has 2 N–H and O–H groups in total. The van der Waals surface area contributed by atoms with Crippen LogP contribution in [-0.4, -0.2) is 61.4 Å².